The van der Waals surface area contributed by atoms with Crippen LogP contribution < -0.4 is 15.9 Å². The van der Waals surface area contributed by atoms with Crippen molar-refractivity contribution in [2.24, 2.45) is 10.8 Å². The first kappa shape index (κ1) is 11.4. The number of benzene rings is 1. The van der Waals surface area contributed by atoms with Gasteiger partial charge in [-0.1, -0.05) is 12.1 Å². The maximum atomic E-state index is 10.5. The number of primary amides is 1. The van der Waals surface area contributed by atoms with Gasteiger partial charge in [0.2, 0.25) is 0 Å². The molecule has 0 fully saturated rings. The monoisotopic (exact) mass is 233 g/mol. The Morgan fingerprint density at radius 2 is 2.35 bits per heavy atom. The molecule has 1 heterocycles. The molecule has 0 radical (unpaired) electrons. The number of fused-ring (bicyclic) bond motifs is 1. The van der Waals surface area contributed by atoms with E-state index in [2.05, 4.69) is 10.5 Å². The van der Waals surface area contributed by atoms with Crippen molar-refractivity contribution in [1.29, 1.82) is 0 Å². The van der Waals surface area contributed by atoms with Gasteiger partial charge >= 0.3 is 6.03 Å². The van der Waals surface area contributed by atoms with Gasteiger partial charge in [-0.2, -0.15) is 5.10 Å². The SMILES string of the molecule is CC1(C)Cc2cccc(C=NNC(N)=O)c2O1. The smallest absolute Gasteiger partial charge is 0.332 e. The van der Waals surface area contributed by atoms with Gasteiger partial charge in [0.05, 0.1) is 6.21 Å². The number of hydrogen-bond donors (Lipinski definition) is 2. The Labute approximate surface area is 99.6 Å². The molecule has 17 heavy (non-hydrogen) atoms. The summed E-state index contributed by atoms with van der Waals surface area (Å²) < 4.78 is 5.85. The zero-order chi connectivity index (χ0) is 12.5. The lowest BCUT2D eigenvalue weighted by atomic mass is 10.0. The average molecular weight is 233 g/mol. The molecule has 0 bridgehead atoms. The first-order valence-corrected chi connectivity index (χ1v) is 5.37. The van der Waals surface area contributed by atoms with E-state index in [0.29, 0.717) is 0 Å². The number of amides is 2. The van der Waals surface area contributed by atoms with Crippen LogP contribution in [0.15, 0.2) is 23.3 Å². The van der Waals surface area contributed by atoms with Gasteiger partial charge in [0.1, 0.15) is 11.4 Å². The highest BCUT2D eigenvalue weighted by Gasteiger charge is 2.31. The highest BCUT2D eigenvalue weighted by atomic mass is 16.5. The van der Waals surface area contributed by atoms with Crippen molar-refractivity contribution in [3.8, 4) is 5.75 Å². The summed E-state index contributed by atoms with van der Waals surface area (Å²) in [5, 5.41) is 3.74. The summed E-state index contributed by atoms with van der Waals surface area (Å²) >= 11 is 0. The van der Waals surface area contributed by atoms with Gasteiger partial charge in [0, 0.05) is 12.0 Å². The van der Waals surface area contributed by atoms with Gasteiger partial charge in [-0.3, -0.25) is 0 Å². The van der Waals surface area contributed by atoms with Crippen molar-refractivity contribution in [2.75, 3.05) is 0 Å². The lowest BCUT2D eigenvalue weighted by molar-refractivity contribution is 0.138. The fourth-order valence-electron chi connectivity index (χ4n) is 1.91. The van der Waals surface area contributed by atoms with E-state index in [-0.39, 0.29) is 5.60 Å². The van der Waals surface area contributed by atoms with Gasteiger partial charge < -0.3 is 10.5 Å². The molecule has 0 atom stereocenters. The number of nitrogens with two attached hydrogens (primary N) is 1. The molecule has 5 heteroatoms. The summed E-state index contributed by atoms with van der Waals surface area (Å²) in [7, 11) is 0. The Morgan fingerprint density at radius 3 is 3.06 bits per heavy atom. The van der Waals surface area contributed by atoms with Crippen LogP contribution in [0.3, 0.4) is 0 Å². The number of nitrogens with zero attached hydrogens (tertiary/aromatic N) is 1. The van der Waals surface area contributed by atoms with Crippen LogP contribution in [0.25, 0.3) is 0 Å². The highest BCUT2D eigenvalue weighted by Crippen LogP contribution is 2.36. The van der Waals surface area contributed by atoms with Crippen LogP contribution in [0.4, 0.5) is 4.79 Å². The van der Waals surface area contributed by atoms with Crippen molar-refractivity contribution in [3.05, 3.63) is 29.3 Å². The van der Waals surface area contributed by atoms with E-state index in [1.165, 1.54) is 6.21 Å². The normalized spacial score (nSPS) is 16.6. The Hall–Kier alpha value is -2.04. The van der Waals surface area contributed by atoms with Crippen LogP contribution in [-0.2, 0) is 6.42 Å². The summed E-state index contributed by atoms with van der Waals surface area (Å²) in [6.45, 7) is 4.07. The fraction of sp³-hybridized carbons (Fsp3) is 0.333. The Bertz CT molecular complexity index is 481. The fourth-order valence-corrected chi connectivity index (χ4v) is 1.91. The molecule has 0 saturated heterocycles. The molecule has 0 saturated carbocycles. The highest BCUT2D eigenvalue weighted by molar-refractivity contribution is 5.85. The second kappa shape index (κ2) is 4.08. The van der Waals surface area contributed by atoms with E-state index in [9.17, 15) is 4.79 Å². The number of nitrogens with one attached hydrogen (secondary N) is 1. The van der Waals surface area contributed by atoms with Crippen LogP contribution in [0.5, 0.6) is 5.75 Å². The number of carbonyl (C=O) groups excluding carboxylic acids is 1. The summed E-state index contributed by atoms with van der Waals surface area (Å²) in [5.41, 5.74) is 8.87. The maximum absolute atomic E-state index is 10.5. The molecule has 0 aromatic heterocycles. The molecule has 1 aliphatic rings. The zero-order valence-electron chi connectivity index (χ0n) is 9.86. The number of ether oxygens (including phenoxy) is 1. The summed E-state index contributed by atoms with van der Waals surface area (Å²) in [4.78, 5) is 10.5. The topological polar surface area (TPSA) is 76.7 Å². The number of para-hydroxylation sites is 1. The van der Waals surface area contributed by atoms with E-state index in [4.69, 9.17) is 10.5 Å². The average Bonchev–Trinajstić information content (AvgIpc) is 2.52. The van der Waals surface area contributed by atoms with E-state index >= 15 is 0 Å². The summed E-state index contributed by atoms with van der Waals surface area (Å²) in [6, 6.07) is 5.17. The summed E-state index contributed by atoms with van der Waals surface area (Å²) in [5.74, 6) is 0.826. The third-order valence-corrected chi connectivity index (χ3v) is 2.50. The largest absolute Gasteiger partial charge is 0.487 e. The van der Waals surface area contributed by atoms with Crippen molar-refractivity contribution < 1.29 is 9.53 Å². The van der Waals surface area contributed by atoms with Gasteiger partial charge in [0.25, 0.3) is 0 Å². The second-order valence-corrected chi connectivity index (χ2v) is 4.61. The Balaban J connectivity index is 2.24. The van der Waals surface area contributed by atoms with Gasteiger partial charge in [0.15, 0.2) is 0 Å². The van der Waals surface area contributed by atoms with Crippen LogP contribution in [0, 0.1) is 0 Å². The van der Waals surface area contributed by atoms with Crippen LogP contribution in [-0.4, -0.2) is 17.8 Å². The zero-order valence-corrected chi connectivity index (χ0v) is 9.86. The Kier molecular flexibility index (Phi) is 2.75. The van der Waals surface area contributed by atoms with Crippen LogP contribution >= 0.6 is 0 Å². The number of hydrogen-bond acceptors (Lipinski definition) is 3. The van der Waals surface area contributed by atoms with Gasteiger partial charge in [-0.15, -0.1) is 0 Å². The van der Waals surface area contributed by atoms with Crippen LogP contribution in [0.2, 0.25) is 0 Å². The predicted octanol–water partition coefficient (Wildman–Crippen LogP) is 1.40. The van der Waals surface area contributed by atoms with E-state index in [0.717, 1.165) is 23.3 Å². The quantitative estimate of drug-likeness (QED) is 0.598. The lowest BCUT2D eigenvalue weighted by Crippen LogP contribution is -2.25. The van der Waals surface area contributed by atoms with Crippen molar-refractivity contribution in [3.63, 3.8) is 0 Å². The molecular weight excluding hydrogens is 218 g/mol. The minimum absolute atomic E-state index is 0.191. The minimum atomic E-state index is -0.685. The van der Waals surface area contributed by atoms with Gasteiger partial charge in [-0.25, -0.2) is 10.2 Å². The second-order valence-electron chi connectivity index (χ2n) is 4.61. The summed E-state index contributed by atoms with van der Waals surface area (Å²) in [6.07, 6.45) is 2.40. The van der Waals surface area contributed by atoms with Crippen molar-refractivity contribution in [2.45, 2.75) is 25.9 Å². The molecule has 1 aromatic carbocycles. The first-order valence-electron chi connectivity index (χ1n) is 5.37. The molecule has 2 amide bonds. The Morgan fingerprint density at radius 1 is 1.59 bits per heavy atom. The molecule has 5 nitrogen and oxygen atoms in total. The third kappa shape index (κ3) is 2.55. The number of rotatable bonds is 2. The molecule has 2 rings (SSSR count). The number of carbonyl (C=O) groups is 1. The molecule has 1 aliphatic heterocycles. The molecule has 0 spiro atoms. The van der Waals surface area contributed by atoms with Crippen molar-refractivity contribution >= 4 is 12.2 Å². The molecule has 1 aromatic rings. The first-order chi connectivity index (χ1) is 7.98. The van der Waals surface area contributed by atoms with Gasteiger partial charge in [-0.05, 0) is 25.5 Å². The van der Waals surface area contributed by atoms with E-state index < -0.39 is 6.03 Å². The van der Waals surface area contributed by atoms with Crippen LogP contribution in [0.1, 0.15) is 25.0 Å². The standard InChI is InChI=1S/C12H15N3O2/c1-12(2)6-8-4-3-5-9(10(8)17-12)7-14-15-11(13)16/h3-5,7H,6H2,1-2H3,(H3,13,15,16). The van der Waals surface area contributed by atoms with E-state index in [1.54, 1.807) is 0 Å². The molecule has 90 valence electrons. The van der Waals surface area contributed by atoms with E-state index in [1.807, 2.05) is 32.0 Å². The molecular formula is C12H15N3O2. The molecule has 0 unspecified atom stereocenters. The third-order valence-electron chi connectivity index (χ3n) is 2.50. The number of hydrazone groups is 1. The molecule has 3 N–H and O–H groups in total. The predicted molar refractivity (Wildman–Crippen MR) is 65.2 cm³/mol. The lowest BCUT2D eigenvalue weighted by Gasteiger charge is -2.17. The van der Waals surface area contributed by atoms with Crippen molar-refractivity contribution in [1.82, 2.24) is 5.43 Å². The minimum Gasteiger partial charge on any atom is -0.487 e. The maximum Gasteiger partial charge on any atom is 0.332 e. The molecule has 0 aliphatic carbocycles. The number of urea groups is 1.